The number of primary amides is 1. The van der Waals surface area contributed by atoms with Crippen LogP contribution in [-0.4, -0.2) is 60.3 Å². The van der Waals surface area contributed by atoms with Crippen molar-refractivity contribution in [2.75, 3.05) is 0 Å². The molecule has 0 saturated heterocycles. The first-order valence-corrected chi connectivity index (χ1v) is 23.7. The molecule has 0 aliphatic heterocycles. The highest BCUT2D eigenvalue weighted by Crippen LogP contribution is 2.46. The lowest BCUT2D eigenvalue weighted by atomic mass is 10.2. The molecule has 0 spiro atoms. The van der Waals surface area contributed by atoms with E-state index < -0.39 is 60.3 Å². The molecule has 2 N–H and O–H groups in total. The summed E-state index contributed by atoms with van der Waals surface area (Å²) in [5.41, 5.74) is 5.57. The second-order valence-corrected chi connectivity index (χ2v) is 31.9. The Labute approximate surface area is 176 Å². The lowest BCUT2D eigenvalue weighted by molar-refractivity contribution is 0.180. The van der Waals surface area contributed by atoms with Crippen molar-refractivity contribution in [2.45, 2.75) is 76.0 Å². The summed E-state index contributed by atoms with van der Waals surface area (Å²) < 4.78 is 24.2. The SMILES string of the molecule is C=C(OC(N)=O)C([SiH2]O[Si](C)(C)C)([SiH2]O[Si](C)(C)C)C(C)[SiH2]O[Si](C)(C)C. The minimum absolute atomic E-state index is 0.238. The van der Waals surface area contributed by atoms with Gasteiger partial charge in [-0.1, -0.05) is 13.5 Å². The van der Waals surface area contributed by atoms with E-state index in [1.54, 1.807) is 0 Å². The fourth-order valence-corrected chi connectivity index (χ4v) is 15.9. The summed E-state index contributed by atoms with van der Waals surface area (Å²) in [6.07, 6.45) is -0.812. The maximum absolute atomic E-state index is 11.5. The molecule has 0 aliphatic carbocycles. The van der Waals surface area contributed by atoms with Crippen LogP contribution in [0.25, 0.3) is 0 Å². The molecule has 12 heteroatoms. The molecule has 0 aliphatic rings. The van der Waals surface area contributed by atoms with Crippen molar-refractivity contribution in [3.05, 3.63) is 12.3 Å². The lowest BCUT2D eigenvalue weighted by Crippen LogP contribution is -2.46. The zero-order valence-electron chi connectivity index (χ0n) is 19.0. The van der Waals surface area contributed by atoms with Crippen molar-refractivity contribution < 1.29 is 21.9 Å². The van der Waals surface area contributed by atoms with E-state index in [0.29, 0.717) is 5.76 Å². The molecule has 0 aromatic rings. The molecule has 0 aromatic carbocycles. The zero-order valence-corrected chi connectivity index (χ0v) is 26.3. The highest BCUT2D eigenvalue weighted by Gasteiger charge is 2.46. The number of hydrogen-bond donors (Lipinski definition) is 1. The molecular formula is C15H41NO5Si6. The van der Waals surface area contributed by atoms with Crippen molar-refractivity contribution in [1.82, 2.24) is 0 Å². The summed E-state index contributed by atoms with van der Waals surface area (Å²) in [4.78, 5) is 11.5. The maximum Gasteiger partial charge on any atom is 0.409 e. The number of carbonyl (C=O) groups excluding carboxylic acids is 1. The van der Waals surface area contributed by atoms with E-state index in [-0.39, 0.29) is 10.2 Å². The number of carbonyl (C=O) groups is 1. The Kier molecular flexibility index (Phi) is 10.4. The third-order valence-electron chi connectivity index (χ3n) is 4.01. The Bertz CT molecular complexity index is 494. The third-order valence-corrected chi connectivity index (χ3v) is 23.1. The van der Waals surface area contributed by atoms with Gasteiger partial charge in [0.1, 0.15) is 15.5 Å². The molecule has 1 unspecified atom stereocenters. The Balaban J connectivity index is 5.85. The Hall–Kier alpha value is 0.191. The Morgan fingerprint density at radius 3 is 1.56 bits per heavy atom. The van der Waals surface area contributed by atoms with Gasteiger partial charge in [0, 0.05) is 0 Å². The summed E-state index contributed by atoms with van der Waals surface area (Å²) in [5.74, 6) is 0.448. The zero-order chi connectivity index (χ0) is 21.7. The van der Waals surface area contributed by atoms with Gasteiger partial charge in [0.25, 0.3) is 0 Å². The van der Waals surface area contributed by atoms with Crippen LogP contribution in [0.1, 0.15) is 6.92 Å². The predicted molar refractivity (Wildman–Crippen MR) is 131 cm³/mol. The van der Waals surface area contributed by atoms with Crippen molar-refractivity contribution in [2.24, 2.45) is 5.73 Å². The first-order chi connectivity index (χ1) is 11.9. The van der Waals surface area contributed by atoms with Crippen LogP contribution in [0.2, 0.25) is 69.1 Å². The molecule has 0 bridgehead atoms. The van der Waals surface area contributed by atoms with E-state index in [1.807, 2.05) is 0 Å². The van der Waals surface area contributed by atoms with Crippen LogP contribution in [-0.2, 0) is 17.1 Å². The standard InChI is InChI=1S/C15H41NO5Si6/c1-12(18-14(16)17)15(23-20-26(6,7)8,24-21-27(9,10)11)13(2)22-19-25(3,4)5/h13H,1,22-24H2,2-11H3,(H2,16,17). The molecule has 0 aromatic heterocycles. The van der Waals surface area contributed by atoms with Crippen LogP contribution in [0, 0.1) is 0 Å². The number of rotatable bonds is 12. The van der Waals surface area contributed by atoms with Gasteiger partial charge in [-0.15, -0.1) is 0 Å². The van der Waals surface area contributed by atoms with Gasteiger partial charge in [0.2, 0.25) is 0 Å². The first kappa shape index (κ1) is 27.2. The predicted octanol–water partition coefficient (Wildman–Crippen LogP) is 2.33. The normalized spacial score (nSPS) is 17.9. The molecule has 27 heavy (non-hydrogen) atoms. The number of ether oxygens (including phenoxy) is 1. The van der Waals surface area contributed by atoms with E-state index in [2.05, 4.69) is 72.4 Å². The molecular weight excluding hydrogens is 443 g/mol. The molecule has 160 valence electrons. The van der Waals surface area contributed by atoms with Gasteiger partial charge in [-0.3, -0.25) is 0 Å². The van der Waals surface area contributed by atoms with Crippen LogP contribution < -0.4 is 5.73 Å². The molecule has 0 heterocycles. The van der Waals surface area contributed by atoms with Crippen molar-refractivity contribution in [3.8, 4) is 0 Å². The topological polar surface area (TPSA) is 80.0 Å². The van der Waals surface area contributed by atoms with Gasteiger partial charge in [-0.2, -0.15) is 0 Å². The van der Waals surface area contributed by atoms with E-state index in [9.17, 15) is 4.79 Å². The minimum Gasteiger partial charge on any atom is -0.460 e. The van der Waals surface area contributed by atoms with E-state index in [0.717, 1.165) is 0 Å². The quantitative estimate of drug-likeness (QED) is 0.340. The van der Waals surface area contributed by atoms with Crippen LogP contribution >= 0.6 is 0 Å². The molecule has 0 saturated carbocycles. The van der Waals surface area contributed by atoms with Crippen LogP contribution in [0.3, 0.4) is 0 Å². The lowest BCUT2D eigenvalue weighted by Gasteiger charge is -2.41. The molecule has 1 atom stereocenters. The average molecular weight is 484 g/mol. The number of amides is 1. The van der Waals surface area contributed by atoms with Crippen molar-refractivity contribution in [1.29, 1.82) is 0 Å². The molecule has 1 amide bonds. The fraction of sp³-hybridized carbons (Fsp3) is 0.800. The highest BCUT2D eigenvalue weighted by molar-refractivity contribution is 6.80. The molecule has 6 nitrogen and oxygen atoms in total. The smallest absolute Gasteiger partial charge is 0.409 e. The second kappa shape index (κ2) is 10.3. The largest absolute Gasteiger partial charge is 0.460 e. The number of hydrogen-bond acceptors (Lipinski definition) is 5. The summed E-state index contributed by atoms with van der Waals surface area (Å²) >= 11 is 0. The van der Waals surface area contributed by atoms with Gasteiger partial charge < -0.3 is 22.8 Å². The van der Waals surface area contributed by atoms with Gasteiger partial charge in [0.05, 0.1) is 4.66 Å². The van der Waals surface area contributed by atoms with Crippen molar-refractivity contribution >= 4 is 60.3 Å². The minimum atomic E-state index is -1.72. The summed E-state index contributed by atoms with van der Waals surface area (Å²) in [6.45, 7) is 26.0. The first-order valence-electron chi connectivity index (χ1n) is 9.46. The monoisotopic (exact) mass is 483 g/mol. The number of nitrogens with two attached hydrogens (primary N) is 1. The van der Waals surface area contributed by atoms with Gasteiger partial charge in [-0.05, 0) is 64.5 Å². The Morgan fingerprint density at radius 2 is 1.26 bits per heavy atom. The second-order valence-electron chi connectivity index (χ2n) is 10.1. The summed E-state index contributed by atoms with van der Waals surface area (Å²) in [5, 5.41) is 0. The highest BCUT2D eigenvalue weighted by atomic mass is 28.4. The van der Waals surface area contributed by atoms with E-state index in [4.69, 9.17) is 22.8 Å². The summed E-state index contributed by atoms with van der Waals surface area (Å²) in [7, 11) is -8.13. The molecule has 0 radical (unpaired) electrons. The third kappa shape index (κ3) is 11.7. The van der Waals surface area contributed by atoms with Gasteiger partial charge in [-0.25, -0.2) is 4.79 Å². The van der Waals surface area contributed by atoms with E-state index >= 15 is 0 Å². The summed E-state index contributed by atoms with van der Waals surface area (Å²) in [6, 6.07) is 0. The van der Waals surface area contributed by atoms with Crippen molar-refractivity contribution in [3.63, 3.8) is 0 Å². The fourth-order valence-electron chi connectivity index (χ4n) is 2.21. The average Bonchev–Trinajstić information content (AvgIpc) is 2.41. The van der Waals surface area contributed by atoms with Crippen LogP contribution in [0.5, 0.6) is 0 Å². The van der Waals surface area contributed by atoms with Crippen LogP contribution in [0.4, 0.5) is 4.79 Å². The van der Waals surface area contributed by atoms with E-state index in [1.165, 1.54) is 0 Å². The maximum atomic E-state index is 11.5. The van der Waals surface area contributed by atoms with Gasteiger partial charge >= 0.3 is 6.09 Å². The van der Waals surface area contributed by atoms with Crippen LogP contribution in [0.15, 0.2) is 12.3 Å². The number of allylic oxidation sites excluding steroid dienone is 1. The van der Waals surface area contributed by atoms with Gasteiger partial charge in [0.15, 0.2) is 44.5 Å². The molecule has 0 fully saturated rings. The molecule has 0 rings (SSSR count). The Morgan fingerprint density at radius 1 is 0.889 bits per heavy atom.